The minimum Gasteiger partial charge on any atom is -0.357 e. The van der Waals surface area contributed by atoms with Gasteiger partial charge >= 0.3 is 0 Å². The second-order valence-electron chi connectivity index (χ2n) is 5.03. The van der Waals surface area contributed by atoms with Crippen molar-refractivity contribution in [2.24, 2.45) is 4.99 Å². The first-order valence-corrected chi connectivity index (χ1v) is 7.84. The van der Waals surface area contributed by atoms with Crippen LogP contribution in [0.15, 0.2) is 59.7 Å². The molecule has 23 heavy (non-hydrogen) atoms. The van der Waals surface area contributed by atoms with Crippen molar-refractivity contribution in [3.63, 3.8) is 0 Å². The van der Waals surface area contributed by atoms with E-state index in [1.165, 1.54) is 5.56 Å². The molecule has 2 N–H and O–H groups in total. The van der Waals surface area contributed by atoms with Gasteiger partial charge in [-0.25, -0.2) is 4.99 Å². The fraction of sp³-hybridized carbons (Fsp3) is 0.333. The highest BCUT2D eigenvalue weighted by molar-refractivity contribution is 14.0. The molecule has 0 saturated carbocycles. The van der Waals surface area contributed by atoms with Crippen LogP contribution in [0.3, 0.4) is 0 Å². The van der Waals surface area contributed by atoms with Crippen LogP contribution < -0.4 is 10.6 Å². The fourth-order valence-corrected chi connectivity index (χ4v) is 2.14. The maximum absolute atomic E-state index is 4.56. The lowest BCUT2D eigenvalue weighted by atomic mass is 10.1. The van der Waals surface area contributed by atoms with E-state index in [1.807, 2.05) is 18.2 Å². The molecular formula is C18H25IN4. The van der Waals surface area contributed by atoms with Crippen LogP contribution in [0.1, 0.15) is 24.6 Å². The number of hydrogen-bond donors (Lipinski definition) is 2. The molecule has 0 unspecified atom stereocenters. The normalized spacial score (nSPS) is 10.7. The molecule has 0 spiro atoms. The van der Waals surface area contributed by atoms with E-state index in [0.717, 1.165) is 37.6 Å². The summed E-state index contributed by atoms with van der Waals surface area (Å²) >= 11 is 0. The Kier molecular flexibility index (Phi) is 10.0. The number of hydrogen-bond acceptors (Lipinski definition) is 2. The third kappa shape index (κ3) is 7.97. The van der Waals surface area contributed by atoms with Crippen LogP contribution in [-0.4, -0.2) is 24.0 Å². The lowest BCUT2D eigenvalue weighted by Crippen LogP contribution is -2.37. The highest BCUT2D eigenvalue weighted by atomic mass is 127. The monoisotopic (exact) mass is 424 g/mol. The topological polar surface area (TPSA) is 49.3 Å². The summed E-state index contributed by atoms with van der Waals surface area (Å²) in [6.07, 6.45) is 3.95. The lowest BCUT2D eigenvalue weighted by molar-refractivity contribution is 0.742. The molecule has 1 aromatic carbocycles. The molecule has 124 valence electrons. The Hall–Kier alpha value is -1.63. The molecule has 0 aliphatic carbocycles. The maximum Gasteiger partial charge on any atom is 0.191 e. The molecule has 0 saturated heterocycles. The summed E-state index contributed by atoms with van der Waals surface area (Å²) in [7, 11) is 0. The number of aryl methyl sites for hydroxylation is 1. The summed E-state index contributed by atoms with van der Waals surface area (Å²) in [6.45, 7) is 4.42. The van der Waals surface area contributed by atoms with Crippen LogP contribution in [0.2, 0.25) is 0 Å². The van der Waals surface area contributed by atoms with Gasteiger partial charge in [0.25, 0.3) is 0 Å². The molecule has 0 aliphatic heterocycles. The van der Waals surface area contributed by atoms with Gasteiger partial charge in [-0.05, 0) is 37.5 Å². The van der Waals surface area contributed by atoms with Gasteiger partial charge in [0, 0.05) is 19.3 Å². The quantitative estimate of drug-likeness (QED) is 0.310. The maximum atomic E-state index is 4.56. The van der Waals surface area contributed by atoms with Gasteiger partial charge in [-0.2, -0.15) is 0 Å². The second-order valence-corrected chi connectivity index (χ2v) is 5.03. The number of aromatic nitrogens is 1. The van der Waals surface area contributed by atoms with Crippen molar-refractivity contribution in [2.45, 2.75) is 26.3 Å². The number of halogens is 1. The number of aliphatic imine (C=N–C) groups is 1. The van der Waals surface area contributed by atoms with Gasteiger partial charge in [-0.3, -0.25) is 4.98 Å². The van der Waals surface area contributed by atoms with Crippen molar-refractivity contribution < 1.29 is 0 Å². The van der Waals surface area contributed by atoms with Crippen molar-refractivity contribution >= 4 is 29.9 Å². The van der Waals surface area contributed by atoms with Crippen LogP contribution >= 0.6 is 24.0 Å². The third-order valence-corrected chi connectivity index (χ3v) is 3.25. The van der Waals surface area contributed by atoms with E-state index in [-0.39, 0.29) is 24.0 Å². The zero-order chi connectivity index (χ0) is 15.5. The van der Waals surface area contributed by atoms with Crippen LogP contribution in [0.5, 0.6) is 0 Å². The van der Waals surface area contributed by atoms with Crippen LogP contribution in [0, 0.1) is 0 Å². The predicted octanol–water partition coefficient (Wildman–Crippen LogP) is 3.39. The van der Waals surface area contributed by atoms with E-state index in [9.17, 15) is 0 Å². The van der Waals surface area contributed by atoms with Gasteiger partial charge in [0.1, 0.15) is 0 Å². The number of rotatable bonds is 7. The molecule has 0 amide bonds. The first-order valence-electron chi connectivity index (χ1n) is 7.84. The Morgan fingerprint density at radius 3 is 2.52 bits per heavy atom. The average Bonchev–Trinajstić information content (AvgIpc) is 2.58. The summed E-state index contributed by atoms with van der Waals surface area (Å²) in [5, 5.41) is 6.63. The van der Waals surface area contributed by atoms with Crippen molar-refractivity contribution in [2.75, 3.05) is 13.1 Å². The smallest absolute Gasteiger partial charge is 0.191 e. The molecule has 0 radical (unpaired) electrons. The fourth-order valence-electron chi connectivity index (χ4n) is 2.14. The molecule has 5 heteroatoms. The van der Waals surface area contributed by atoms with E-state index in [4.69, 9.17) is 0 Å². The summed E-state index contributed by atoms with van der Waals surface area (Å²) in [5.74, 6) is 0.848. The van der Waals surface area contributed by atoms with Gasteiger partial charge < -0.3 is 10.6 Å². The Balaban J connectivity index is 0.00000264. The molecule has 0 bridgehead atoms. The Labute approximate surface area is 155 Å². The Morgan fingerprint density at radius 2 is 1.83 bits per heavy atom. The number of guanidine groups is 1. The summed E-state index contributed by atoms with van der Waals surface area (Å²) < 4.78 is 0. The van der Waals surface area contributed by atoms with E-state index in [1.54, 1.807) is 6.20 Å². The van der Waals surface area contributed by atoms with Crippen molar-refractivity contribution in [1.82, 2.24) is 15.6 Å². The van der Waals surface area contributed by atoms with Crippen molar-refractivity contribution in [3.8, 4) is 0 Å². The summed E-state index contributed by atoms with van der Waals surface area (Å²) in [4.78, 5) is 8.84. The number of nitrogens with zero attached hydrogens (tertiary/aromatic N) is 2. The van der Waals surface area contributed by atoms with Gasteiger partial charge in [0.05, 0.1) is 12.2 Å². The molecule has 0 aliphatic rings. The molecule has 1 aromatic heterocycles. The minimum absolute atomic E-state index is 0. The zero-order valence-corrected chi connectivity index (χ0v) is 15.9. The first-order chi connectivity index (χ1) is 10.9. The van der Waals surface area contributed by atoms with E-state index in [0.29, 0.717) is 6.54 Å². The molecule has 2 aromatic rings. The lowest BCUT2D eigenvalue weighted by Gasteiger charge is -2.11. The molecule has 2 rings (SSSR count). The van der Waals surface area contributed by atoms with E-state index >= 15 is 0 Å². The van der Waals surface area contributed by atoms with E-state index in [2.05, 4.69) is 57.9 Å². The Morgan fingerprint density at radius 1 is 1.04 bits per heavy atom. The predicted molar refractivity (Wildman–Crippen MR) is 107 cm³/mol. The summed E-state index contributed by atoms with van der Waals surface area (Å²) in [6, 6.07) is 16.4. The number of nitrogens with one attached hydrogen (secondary N) is 2. The minimum atomic E-state index is 0. The second kappa shape index (κ2) is 11.9. The van der Waals surface area contributed by atoms with Crippen molar-refractivity contribution in [1.29, 1.82) is 0 Å². The first kappa shape index (κ1) is 19.4. The van der Waals surface area contributed by atoms with Crippen LogP contribution in [-0.2, 0) is 13.0 Å². The third-order valence-electron chi connectivity index (χ3n) is 3.25. The molecule has 4 nitrogen and oxygen atoms in total. The SMILES string of the molecule is CCNC(=NCc1ccccn1)NCCCc1ccccc1.I. The number of pyridine rings is 1. The van der Waals surface area contributed by atoms with E-state index < -0.39 is 0 Å². The summed E-state index contributed by atoms with van der Waals surface area (Å²) in [5.41, 5.74) is 2.35. The number of benzene rings is 1. The van der Waals surface area contributed by atoms with Gasteiger partial charge in [-0.1, -0.05) is 36.4 Å². The molecular weight excluding hydrogens is 399 g/mol. The van der Waals surface area contributed by atoms with Crippen molar-refractivity contribution in [3.05, 3.63) is 66.0 Å². The largest absolute Gasteiger partial charge is 0.357 e. The average molecular weight is 424 g/mol. The highest BCUT2D eigenvalue weighted by Gasteiger charge is 1.98. The molecule has 1 heterocycles. The van der Waals surface area contributed by atoms with Gasteiger partial charge in [-0.15, -0.1) is 24.0 Å². The van der Waals surface area contributed by atoms with Crippen LogP contribution in [0.25, 0.3) is 0 Å². The van der Waals surface area contributed by atoms with Gasteiger partial charge in [0.15, 0.2) is 5.96 Å². The van der Waals surface area contributed by atoms with Crippen LogP contribution in [0.4, 0.5) is 0 Å². The standard InChI is InChI=1S/C18H24N4.HI/c1-2-19-18(22-15-17-12-6-7-13-20-17)21-14-8-11-16-9-4-3-5-10-16;/h3-7,9-10,12-13H,2,8,11,14-15H2,1H3,(H2,19,21,22);1H. The highest BCUT2D eigenvalue weighted by Crippen LogP contribution is 2.01. The zero-order valence-electron chi connectivity index (χ0n) is 13.5. The molecule has 0 fully saturated rings. The van der Waals surface area contributed by atoms with Gasteiger partial charge in [0.2, 0.25) is 0 Å². The Bertz CT molecular complexity index is 558. The molecule has 0 atom stereocenters.